The molecular weight excluding hydrogens is 188 g/mol. The van der Waals surface area contributed by atoms with E-state index in [2.05, 4.69) is 23.1 Å². The minimum atomic E-state index is 0.463. The van der Waals surface area contributed by atoms with Crippen LogP contribution in [-0.4, -0.2) is 19.0 Å². The molecule has 0 saturated carbocycles. The van der Waals surface area contributed by atoms with Gasteiger partial charge < -0.3 is 4.74 Å². The van der Waals surface area contributed by atoms with Crippen molar-refractivity contribution in [2.24, 2.45) is 9.98 Å². The number of hydrogen-bond donors (Lipinski definition) is 0. The third-order valence-electron chi connectivity index (χ3n) is 1.57. The molecule has 0 amide bonds. The maximum atomic E-state index is 5.24. The quantitative estimate of drug-likeness (QED) is 0.594. The van der Waals surface area contributed by atoms with Gasteiger partial charge >= 0.3 is 0 Å². The zero-order valence-electron chi connectivity index (χ0n) is 8.60. The first kappa shape index (κ1) is 11.2. The van der Waals surface area contributed by atoms with Crippen molar-refractivity contribution >= 4 is 12.4 Å². The molecule has 1 aliphatic rings. The predicted octanol–water partition coefficient (Wildman–Crippen LogP) is 2.65. The lowest BCUT2D eigenvalue weighted by Crippen LogP contribution is -1.89. The SMILES string of the molecule is C=C1C=N/C=C\CCN=C/C=C\C(=C)O1. The molecule has 0 fully saturated rings. The molecule has 0 radical (unpaired) electrons. The predicted molar refractivity (Wildman–Crippen MR) is 64.1 cm³/mol. The number of ether oxygens (including phenoxy) is 1. The van der Waals surface area contributed by atoms with Crippen LogP contribution in [0.15, 0.2) is 59.1 Å². The van der Waals surface area contributed by atoms with Gasteiger partial charge in [-0.3, -0.25) is 9.98 Å². The van der Waals surface area contributed by atoms with E-state index in [9.17, 15) is 0 Å². The molecule has 0 aromatic heterocycles. The Morgan fingerprint density at radius 2 is 2.13 bits per heavy atom. The van der Waals surface area contributed by atoms with E-state index >= 15 is 0 Å². The minimum absolute atomic E-state index is 0.463. The number of allylic oxidation sites excluding steroid dienone is 3. The van der Waals surface area contributed by atoms with Crippen molar-refractivity contribution in [2.45, 2.75) is 6.42 Å². The second-order valence-corrected chi connectivity index (χ2v) is 2.90. The minimum Gasteiger partial charge on any atom is -0.457 e. The largest absolute Gasteiger partial charge is 0.457 e. The van der Waals surface area contributed by atoms with Crippen LogP contribution in [0, 0.1) is 0 Å². The molecular formula is C12H14N2O. The summed E-state index contributed by atoms with van der Waals surface area (Å²) in [6.45, 7) is 8.14. The van der Waals surface area contributed by atoms with Crippen LogP contribution < -0.4 is 0 Å². The fraction of sp³-hybridized carbons (Fsp3) is 0.167. The molecule has 0 saturated heterocycles. The van der Waals surface area contributed by atoms with Crippen molar-refractivity contribution in [3.8, 4) is 0 Å². The van der Waals surface area contributed by atoms with Gasteiger partial charge in [-0.25, -0.2) is 0 Å². The Morgan fingerprint density at radius 1 is 1.27 bits per heavy atom. The number of aliphatic imine (C=N–C) groups is 2. The van der Waals surface area contributed by atoms with Crippen molar-refractivity contribution in [3.05, 3.63) is 49.1 Å². The summed E-state index contributed by atoms with van der Waals surface area (Å²) in [6, 6.07) is 0. The lowest BCUT2D eigenvalue weighted by atomic mass is 10.4. The average Bonchev–Trinajstić information content (AvgIpc) is 2.21. The van der Waals surface area contributed by atoms with Gasteiger partial charge in [0.1, 0.15) is 11.5 Å². The molecule has 0 spiro atoms. The summed E-state index contributed by atoms with van der Waals surface area (Å²) >= 11 is 0. The Balaban J connectivity index is 2.68. The van der Waals surface area contributed by atoms with Gasteiger partial charge in [-0.05, 0) is 18.6 Å². The summed E-state index contributed by atoms with van der Waals surface area (Å²) in [5, 5.41) is 0. The molecule has 15 heavy (non-hydrogen) atoms. The molecule has 0 bridgehead atoms. The first-order valence-electron chi connectivity index (χ1n) is 4.69. The van der Waals surface area contributed by atoms with Gasteiger partial charge in [0.2, 0.25) is 0 Å². The Bertz CT molecular complexity index is 315. The van der Waals surface area contributed by atoms with E-state index in [1.165, 1.54) is 0 Å². The summed E-state index contributed by atoms with van der Waals surface area (Å²) in [7, 11) is 0. The van der Waals surface area contributed by atoms with E-state index in [1.54, 1.807) is 30.8 Å². The van der Waals surface area contributed by atoms with E-state index < -0.39 is 0 Å². The van der Waals surface area contributed by atoms with Gasteiger partial charge in [0.15, 0.2) is 0 Å². The standard InChI is InChI=1S/C12H14N2O/c1-11-6-5-9-13-7-3-4-8-14-10-12(2)15-11/h4-6,8-10H,1-3,7H2/b6-5-,8-4-,13-9?,14-10?. The highest BCUT2D eigenvalue weighted by molar-refractivity contribution is 5.76. The highest BCUT2D eigenvalue weighted by Crippen LogP contribution is 2.02. The fourth-order valence-corrected chi connectivity index (χ4v) is 0.925. The molecule has 3 heteroatoms. The summed E-state index contributed by atoms with van der Waals surface area (Å²) in [5.74, 6) is 0.978. The molecule has 1 rings (SSSR count). The van der Waals surface area contributed by atoms with Gasteiger partial charge in [0.25, 0.3) is 0 Å². The number of hydrogen-bond acceptors (Lipinski definition) is 3. The van der Waals surface area contributed by atoms with Gasteiger partial charge in [0.05, 0.1) is 6.21 Å². The van der Waals surface area contributed by atoms with Gasteiger partial charge in [-0.2, -0.15) is 0 Å². The van der Waals surface area contributed by atoms with Gasteiger partial charge in [-0.15, -0.1) is 0 Å². The molecule has 0 atom stereocenters. The maximum absolute atomic E-state index is 5.24. The lowest BCUT2D eigenvalue weighted by Gasteiger charge is -2.01. The fourth-order valence-electron chi connectivity index (χ4n) is 0.925. The molecule has 1 aliphatic heterocycles. The molecule has 0 N–H and O–H groups in total. The molecule has 1 heterocycles. The van der Waals surface area contributed by atoms with Crippen LogP contribution in [0.4, 0.5) is 0 Å². The van der Waals surface area contributed by atoms with Crippen molar-refractivity contribution in [2.75, 3.05) is 6.54 Å². The van der Waals surface area contributed by atoms with Crippen LogP contribution in [-0.2, 0) is 4.74 Å². The summed E-state index contributed by atoms with van der Waals surface area (Å²) in [6.07, 6.45) is 11.3. The van der Waals surface area contributed by atoms with Crippen LogP contribution in [0.3, 0.4) is 0 Å². The van der Waals surface area contributed by atoms with Crippen molar-refractivity contribution < 1.29 is 4.74 Å². The molecule has 78 valence electrons. The summed E-state index contributed by atoms with van der Waals surface area (Å²) in [4.78, 5) is 8.16. The third kappa shape index (κ3) is 5.41. The van der Waals surface area contributed by atoms with Crippen LogP contribution in [0.2, 0.25) is 0 Å². The average molecular weight is 202 g/mol. The topological polar surface area (TPSA) is 34.0 Å². The third-order valence-corrected chi connectivity index (χ3v) is 1.57. The van der Waals surface area contributed by atoms with Crippen molar-refractivity contribution in [3.63, 3.8) is 0 Å². The monoisotopic (exact) mass is 202 g/mol. The van der Waals surface area contributed by atoms with Gasteiger partial charge in [-0.1, -0.05) is 19.2 Å². The second kappa shape index (κ2) is 6.54. The first-order valence-corrected chi connectivity index (χ1v) is 4.69. The van der Waals surface area contributed by atoms with Crippen LogP contribution in [0.25, 0.3) is 0 Å². The van der Waals surface area contributed by atoms with Crippen LogP contribution in [0.1, 0.15) is 6.42 Å². The van der Waals surface area contributed by atoms with E-state index in [4.69, 9.17) is 4.74 Å². The number of nitrogens with zero attached hydrogens (tertiary/aromatic N) is 2. The molecule has 3 nitrogen and oxygen atoms in total. The Labute approximate surface area is 89.9 Å². The van der Waals surface area contributed by atoms with Crippen molar-refractivity contribution in [1.82, 2.24) is 0 Å². The van der Waals surface area contributed by atoms with Crippen LogP contribution in [0.5, 0.6) is 0 Å². The van der Waals surface area contributed by atoms with Crippen LogP contribution >= 0.6 is 0 Å². The molecule has 0 aromatic carbocycles. The highest BCUT2D eigenvalue weighted by atomic mass is 16.5. The lowest BCUT2D eigenvalue weighted by molar-refractivity contribution is 0.351. The van der Waals surface area contributed by atoms with E-state index in [1.807, 2.05) is 6.08 Å². The normalized spacial score (nSPS) is 22.1. The zero-order valence-corrected chi connectivity index (χ0v) is 8.60. The number of rotatable bonds is 0. The highest BCUT2D eigenvalue weighted by Gasteiger charge is 1.91. The molecule has 0 unspecified atom stereocenters. The smallest absolute Gasteiger partial charge is 0.138 e. The molecule has 0 aromatic rings. The Kier molecular flexibility index (Phi) is 4.87. The van der Waals surface area contributed by atoms with E-state index in [0.29, 0.717) is 11.5 Å². The van der Waals surface area contributed by atoms with E-state index in [-0.39, 0.29) is 0 Å². The zero-order chi connectivity index (χ0) is 10.9. The Hall–Kier alpha value is -1.90. The van der Waals surface area contributed by atoms with Crippen molar-refractivity contribution in [1.29, 1.82) is 0 Å². The Morgan fingerprint density at radius 3 is 3.00 bits per heavy atom. The second-order valence-electron chi connectivity index (χ2n) is 2.90. The first-order chi connectivity index (χ1) is 7.29. The summed E-state index contributed by atoms with van der Waals surface area (Å²) < 4.78 is 5.24. The van der Waals surface area contributed by atoms with E-state index in [0.717, 1.165) is 13.0 Å². The molecule has 0 aliphatic carbocycles. The van der Waals surface area contributed by atoms with Gasteiger partial charge in [0, 0.05) is 19.0 Å². The maximum Gasteiger partial charge on any atom is 0.138 e. The summed E-state index contributed by atoms with van der Waals surface area (Å²) in [5.41, 5.74) is 0.